The number of benzene rings is 3. The molecule has 4 aromatic rings. The minimum absolute atomic E-state index is 0.125. The van der Waals surface area contributed by atoms with E-state index in [4.69, 9.17) is 9.26 Å². The van der Waals surface area contributed by atoms with Crippen molar-refractivity contribution in [3.8, 4) is 28.2 Å². The molecule has 5 rings (SSSR count). The number of fused-ring (bicyclic) bond motifs is 1. The summed E-state index contributed by atoms with van der Waals surface area (Å²) >= 11 is 0. The molecule has 1 aliphatic heterocycles. The van der Waals surface area contributed by atoms with Gasteiger partial charge in [-0.25, -0.2) is 0 Å². The zero-order valence-electron chi connectivity index (χ0n) is 18.4. The molecule has 0 fully saturated rings. The molecule has 3 aromatic carbocycles. The van der Waals surface area contributed by atoms with Crippen LogP contribution in [-0.4, -0.2) is 30.1 Å². The average molecular weight is 453 g/mol. The zero-order valence-corrected chi connectivity index (χ0v) is 18.4. The minimum Gasteiger partial charge on any atom is -0.493 e. The molecular weight excluding hydrogens is 430 g/mol. The highest BCUT2D eigenvalue weighted by Gasteiger charge is 2.15. The molecule has 170 valence electrons. The Morgan fingerprint density at radius 1 is 0.853 bits per heavy atom. The maximum Gasteiger partial charge on any atom is 0.273 e. The Labute approximate surface area is 196 Å². The molecule has 0 bridgehead atoms. The van der Waals surface area contributed by atoms with E-state index in [0.717, 1.165) is 41.0 Å². The SMILES string of the molecule is O=C(CNC(=O)c1cc(-c2ccccc2)on1)NCc1ccc(-c2ccc3c(c2)CCO3)cc1. The van der Waals surface area contributed by atoms with Crippen LogP contribution in [0.5, 0.6) is 5.75 Å². The van der Waals surface area contributed by atoms with E-state index in [0.29, 0.717) is 12.3 Å². The fraction of sp³-hybridized carbons (Fsp3) is 0.148. The second kappa shape index (κ2) is 9.62. The Morgan fingerprint density at radius 2 is 1.65 bits per heavy atom. The van der Waals surface area contributed by atoms with Gasteiger partial charge in [0.2, 0.25) is 5.91 Å². The fourth-order valence-electron chi connectivity index (χ4n) is 3.82. The Kier molecular flexibility index (Phi) is 6.07. The molecule has 34 heavy (non-hydrogen) atoms. The van der Waals surface area contributed by atoms with Crippen molar-refractivity contribution in [1.29, 1.82) is 0 Å². The lowest BCUT2D eigenvalue weighted by molar-refractivity contribution is -0.120. The predicted octanol–water partition coefficient (Wildman–Crippen LogP) is 3.99. The van der Waals surface area contributed by atoms with Crippen molar-refractivity contribution >= 4 is 11.8 Å². The summed E-state index contributed by atoms with van der Waals surface area (Å²) in [5.74, 6) is 0.704. The average Bonchev–Trinajstić information content (AvgIpc) is 3.56. The first kappa shape index (κ1) is 21.5. The van der Waals surface area contributed by atoms with Crippen LogP contribution in [0.15, 0.2) is 83.4 Å². The Bertz CT molecular complexity index is 1310. The van der Waals surface area contributed by atoms with Crippen LogP contribution in [0, 0.1) is 0 Å². The van der Waals surface area contributed by atoms with Crippen molar-refractivity contribution in [2.75, 3.05) is 13.2 Å². The number of carbonyl (C=O) groups excluding carboxylic acids is 2. The third-order valence-electron chi connectivity index (χ3n) is 5.68. The number of hydrogen-bond donors (Lipinski definition) is 2. The van der Waals surface area contributed by atoms with Crippen LogP contribution in [0.3, 0.4) is 0 Å². The van der Waals surface area contributed by atoms with Crippen molar-refractivity contribution in [2.24, 2.45) is 0 Å². The largest absolute Gasteiger partial charge is 0.493 e. The smallest absolute Gasteiger partial charge is 0.273 e. The summed E-state index contributed by atoms with van der Waals surface area (Å²) in [4.78, 5) is 24.5. The summed E-state index contributed by atoms with van der Waals surface area (Å²) in [6, 6.07) is 25.2. The van der Waals surface area contributed by atoms with Gasteiger partial charge in [0.05, 0.1) is 13.2 Å². The predicted molar refractivity (Wildman–Crippen MR) is 127 cm³/mol. The molecule has 0 radical (unpaired) electrons. The lowest BCUT2D eigenvalue weighted by Gasteiger charge is -2.08. The maximum atomic E-state index is 12.3. The molecule has 2 amide bonds. The molecule has 0 spiro atoms. The minimum atomic E-state index is -0.467. The number of ether oxygens (including phenoxy) is 1. The molecule has 0 unspecified atom stereocenters. The standard InChI is InChI=1S/C27H23N3O4/c31-26(17-29-27(32)23-15-25(34-30-23)20-4-2-1-3-5-20)28-16-18-6-8-19(9-7-18)21-10-11-24-22(14-21)12-13-33-24/h1-11,14-15H,12-13,16-17H2,(H,28,31)(H,29,32). The summed E-state index contributed by atoms with van der Waals surface area (Å²) in [6.07, 6.45) is 0.939. The second-order valence-corrected chi connectivity index (χ2v) is 8.02. The highest BCUT2D eigenvalue weighted by Crippen LogP contribution is 2.30. The van der Waals surface area contributed by atoms with Crippen LogP contribution < -0.4 is 15.4 Å². The molecule has 1 aliphatic rings. The number of rotatable bonds is 7. The van der Waals surface area contributed by atoms with Gasteiger partial charge in [0.1, 0.15) is 5.75 Å². The van der Waals surface area contributed by atoms with Crippen molar-refractivity contribution in [3.63, 3.8) is 0 Å². The van der Waals surface area contributed by atoms with E-state index < -0.39 is 5.91 Å². The van der Waals surface area contributed by atoms with Crippen molar-refractivity contribution < 1.29 is 18.8 Å². The van der Waals surface area contributed by atoms with Crippen LogP contribution >= 0.6 is 0 Å². The lowest BCUT2D eigenvalue weighted by atomic mass is 10.0. The van der Waals surface area contributed by atoms with Crippen molar-refractivity contribution in [3.05, 3.63) is 95.7 Å². The molecule has 1 aromatic heterocycles. The first-order chi connectivity index (χ1) is 16.7. The number of nitrogens with zero attached hydrogens (tertiary/aromatic N) is 1. The first-order valence-electron chi connectivity index (χ1n) is 11.1. The molecule has 2 N–H and O–H groups in total. The van der Waals surface area contributed by atoms with Crippen molar-refractivity contribution in [1.82, 2.24) is 15.8 Å². The van der Waals surface area contributed by atoms with Gasteiger partial charge in [-0.3, -0.25) is 9.59 Å². The highest BCUT2D eigenvalue weighted by atomic mass is 16.5. The van der Waals surface area contributed by atoms with Crippen LogP contribution in [-0.2, 0) is 17.8 Å². The molecule has 0 aliphatic carbocycles. The van der Waals surface area contributed by atoms with Gasteiger partial charge in [-0.05, 0) is 34.4 Å². The molecule has 7 nitrogen and oxygen atoms in total. The highest BCUT2D eigenvalue weighted by molar-refractivity contribution is 5.95. The van der Waals surface area contributed by atoms with E-state index in [2.05, 4.69) is 27.9 Å². The quantitative estimate of drug-likeness (QED) is 0.441. The van der Waals surface area contributed by atoms with Crippen molar-refractivity contribution in [2.45, 2.75) is 13.0 Å². The van der Waals surface area contributed by atoms with Gasteiger partial charge < -0.3 is 19.9 Å². The number of carbonyl (C=O) groups is 2. The van der Waals surface area contributed by atoms with E-state index in [1.165, 1.54) is 5.56 Å². The monoisotopic (exact) mass is 453 g/mol. The van der Waals surface area contributed by atoms with E-state index in [9.17, 15) is 9.59 Å². The fourth-order valence-corrected chi connectivity index (χ4v) is 3.82. The van der Waals surface area contributed by atoms with Gasteiger partial charge in [-0.15, -0.1) is 0 Å². The molecule has 2 heterocycles. The Hall–Kier alpha value is -4.39. The van der Waals surface area contributed by atoms with Crippen LogP contribution in [0.25, 0.3) is 22.5 Å². The van der Waals surface area contributed by atoms with Gasteiger partial charge in [0, 0.05) is 24.6 Å². The summed E-state index contributed by atoms with van der Waals surface area (Å²) in [6.45, 7) is 0.960. The summed E-state index contributed by atoms with van der Waals surface area (Å²) in [5.41, 5.74) is 5.41. The number of hydrogen-bond acceptors (Lipinski definition) is 5. The molecular formula is C27H23N3O4. The van der Waals surface area contributed by atoms with Gasteiger partial charge in [-0.1, -0.05) is 65.8 Å². The van der Waals surface area contributed by atoms with E-state index in [1.807, 2.05) is 60.7 Å². The summed E-state index contributed by atoms with van der Waals surface area (Å²) in [5, 5.41) is 9.17. The third-order valence-corrected chi connectivity index (χ3v) is 5.68. The number of amides is 2. The van der Waals surface area contributed by atoms with Gasteiger partial charge >= 0.3 is 0 Å². The Balaban J connectivity index is 1.10. The normalized spacial score (nSPS) is 12.0. The molecule has 0 saturated carbocycles. The maximum absolute atomic E-state index is 12.3. The molecule has 0 saturated heterocycles. The summed E-state index contributed by atoms with van der Waals surface area (Å²) < 4.78 is 10.8. The van der Waals surface area contributed by atoms with Crippen LogP contribution in [0.2, 0.25) is 0 Å². The van der Waals surface area contributed by atoms with Crippen LogP contribution in [0.4, 0.5) is 0 Å². The topological polar surface area (TPSA) is 93.5 Å². The van der Waals surface area contributed by atoms with Gasteiger partial charge in [-0.2, -0.15) is 0 Å². The lowest BCUT2D eigenvalue weighted by Crippen LogP contribution is -2.36. The van der Waals surface area contributed by atoms with Gasteiger partial charge in [0.15, 0.2) is 11.5 Å². The van der Waals surface area contributed by atoms with Crippen LogP contribution in [0.1, 0.15) is 21.6 Å². The van der Waals surface area contributed by atoms with E-state index >= 15 is 0 Å². The van der Waals surface area contributed by atoms with Gasteiger partial charge in [0.25, 0.3) is 5.91 Å². The summed E-state index contributed by atoms with van der Waals surface area (Å²) in [7, 11) is 0. The molecule has 0 atom stereocenters. The zero-order chi connectivity index (χ0) is 23.3. The third kappa shape index (κ3) is 4.83. The first-order valence-corrected chi connectivity index (χ1v) is 11.1. The number of nitrogens with one attached hydrogen (secondary N) is 2. The van der Waals surface area contributed by atoms with E-state index in [-0.39, 0.29) is 18.1 Å². The van der Waals surface area contributed by atoms with E-state index in [1.54, 1.807) is 6.07 Å². The second-order valence-electron chi connectivity index (χ2n) is 8.02. The number of aromatic nitrogens is 1. The molecule has 7 heteroatoms. The Morgan fingerprint density at radius 3 is 2.47 bits per heavy atom.